The van der Waals surface area contributed by atoms with Crippen LogP contribution in [0.4, 0.5) is 0 Å². The number of fused-ring (bicyclic) bond motifs is 5. The molecule has 122 valence electrons. The minimum atomic E-state index is 0.0350. The average molecular weight is 310 g/mol. The number of carbonyl (C=O) groups is 2. The molecule has 2 nitrogen and oxygen atoms in total. The average Bonchev–Trinajstić information content (AvgIpc) is 2.85. The lowest BCUT2D eigenvalue weighted by Crippen LogP contribution is -2.47. The molecule has 2 heteroatoms. The van der Waals surface area contributed by atoms with Gasteiger partial charge in [-0.2, -0.15) is 0 Å². The molecule has 2 fully saturated rings. The van der Waals surface area contributed by atoms with Gasteiger partial charge in [0.25, 0.3) is 0 Å². The van der Waals surface area contributed by atoms with E-state index in [2.05, 4.69) is 26.0 Å². The fraction of sp³-hybridized carbons (Fsp3) is 0.619. The maximum atomic E-state index is 12.1. The Bertz CT molecular complexity index is 680. The molecule has 0 spiro atoms. The van der Waals surface area contributed by atoms with Crippen LogP contribution in [0.25, 0.3) is 0 Å². The Balaban J connectivity index is 1.71. The molecule has 4 aliphatic carbocycles. The van der Waals surface area contributed by atoms with Crippen molar-refractivity contribution >= 4 is 11.6 Å². The number of hydrogen-bond acceptors (Lipinski definition) is 2. The lowest BCUT2D eigenvalue weighted by molar-refractivity contribution is -0.124. The topological polar surface area (TPSA) is 34.1 Å². The number of hydrogen-bond donors (Lipinski definition) is 0. The van der Waals surface area contributed by atoms with Gasteiger partial charge in [-0.3, -0.25) is 9.59 Å². The van der Waals surface area contributed by atoms with Gasteiger partial charge in [-0.25, -0.2) is 0 Å². The SMILES string of the molecule is CC(=O)[C@H]1CC=C2[C@@H]3CCC4=CC(=O)C=C[C@]4(C)[C@H]3CC[C@@]21C. The van der Waals surface area contributed by atoms with Crippen molar-refractivity contribution in [1.82, 2.24) is 0 Å². The van der Waals surface area contributed by atoms with Crippen LogP contribution < -0.4 is 0 Å². The lowest BCUT2D eigenvalue weighted by atomic mass is 9.49. The van der Waals surface area contributed by atoms with Gasteiger partial charge in [-0.1, -0.05) is 37.1 Å². The molecular formula is C21H26O2. The molecule has 0 amide bonds. The highest BCUT2D eigenvalue weighted by Crippen LogP contribution is 2.64. The first kappa shape index (κ1) is 15.1. The molecule has 0 aromatic rings. The van der Waals surface area contributed by atoms with Crippen LogP contribution in [0.15, 0.2) is 35.5 Å². The molecular weight excluding hydrogens is 284 g/mol. The summed E-state index contributed by atoms with van der Waals surface area (Å²) in [7, 11) is 0. The second kappa shape index (κ2) is 4.78. The molecule has 0 aromatic heterocycles. The molecule has 2 saturated carbocycles. The predicted molar refractivity (Wildman–Crippen MR) is 90.8 cm³/mol. The monoisotopic (exact) mass is 310 g/mol. The summed E-state index contributed by atoms with van der Waals surface area (Å²) < 4.78 is 0. The van der Waals surface area contributed by atoms with Gasteiger partial charge in [0.1, 0.15) is 5.78 Å². The number of carbonyl (C=O) groups excluding carboxylic acids is 2. The van der Waals surface area contributed by atoms with Gasteiger partial charge >= 0.3 is 0 Å². The molecule has 4 rings (SSSR count). The first-order chi connectivity index (χ1) is 10.9. The van der Waals surface area contributed by atoms with Crippen molar-refractivity contribution in [3.05, 3.63) is 35.5 Å². The number of ketones is 2. The summed E-state index contributed by atoms with van der Waals surface area (Å²) in [4.78, 5) is 23.9. The third-order valence-corrected chi connectivity index (χ3v) is 7.45. The second-order valence-corrected chi connectivity index (χ2v) is 8.45. The van der Waals surface area contributed by atoms with Crippen LogP contribution in [-0.4, -0.2) is 11.6 Å². The maximum absolute atomic E-state index is 12.1. The highest BCUT2D eigenvalue weighted by atomic mass is 16.1. The van der Waals surface area contributed by atoms with Crippen LogP contribution in [0.3, 0.4) is 0 Å². The van der Waals surface area contributed by atoms with Crippen LogP contribution in [0.1, 0.15) is 52.9 Å². The van der Waals surface area contributed by atoms with E-state index in [1.807, 2.05) is 6.08 Å². The van der Waals surface area contributed by atoms with Crippen molar-refractivity contribution in [2.24, 2.45) is 28.6 Å². The van der Waals surface area contributed by atoms with E-state index in [0.717, 1.165) is 32.1 Å². The summed E-state index contributed by atoms with van der Waals surface area (Å²) in [6.45, 7) is 6.40. The number of allylic oxidation sites excluding steroid dienone is 6. The Morgan fingerprint density at radius 3 is 2.78 bits per heavy atom. The molecule has 0 radical (unpaired) electrons. The van der Waals surface area contributed by atoms with E-state index in [4.69, 9.17) is 0 Å². The van der Waals surface area contributed by atoms with E-state index in [-0.39, 0.29) is 22.5 Å². The van der Waals surface area contributed by atoms with E-state index in [1.54, 1.807) is 18.6 Å². The normalized spacial score (nSPS) is 44.8. The molecule has 0 N–H and O–H groups in total. The van der Waals surface area contributed by atoms with Crippen LogP contribution in [0.2, 0.25) is 0 Å². The van der Waals surface area contributed by atoms with Crippen molar-refractivity contribution in [3.63, 3.8) is 0 Å². The Morgan fingerprint density at radius 2 is 2.04 bits per heavy atom. The van der Waals surface area contributed by atoms with Crippen molar-refractivity contribution in [2.45, 2.75) is 52.9 Å². The molecule has 5 atom stereocenters. The minimum absolute atomic E-state index is 0.0350. The quantitative estimate of drug-likeness (QED) is 0.672. The summed E-state index contributed by atoms with van der Waals surface area (Å²) in [6, 6.07) is 0. The molecule has 23 heavy (non-hydrogen) atoms. The molecule has 0 bridgehead atoms. The zero-order chi connectivity index (χ0) is 16.4. The molecule has 0 aliphatic heterocycles. The second-order valence-electron chi connectivity index (χ2n) is 8.45. The van der Waals surface area contributed by atoms with Crippen LogP contribution >= 0.6 is 0 Å². The molecule has 0 unspecified atom stereocenters. The van der Waals surface area contributed by atoms with Gasteiger partial charge in [-0.05, 0) is 68.4 Å². The molecule has 0 heterocycles. The predicted octanol–water partition coefficient (Wildman–Crippen LogP) is 4.42. The van der Waals surface area contributed by atoms with Crippen molar-refractivity contribution in [1.29, 1.82) is 0 Å². The third kappa shape index (κ3) is 1.93. The van der Waals surface area contributed by atoms with Crippen molar-refractivity contribution < 1.29 is 9.59 Å². The van der Waals surface area contributed by atoms with Gasteiger partial charge in [-0.15, -0.1) is 0 Å². The van der Waals surface area contributed by atoms with E-state index >= 15 is 0 Å². The van der Waals surface area contributed by atoms with Crippen LogP contribution in [-0.2, 0) is 9.59 Å². The highest BCUT2D eigenvalue weighted by molar-refractivity contribution is 6.01. The fourth-order valence-electron chi connectivity index (χ4n) is 6.15. The van der Waals surface area contributed by atoms with E-state index in [0.29, 0.717) is 17.6 Å². The van der Waals surface area contributed by atoms with Crippen LogP contribution in [0, 0.1) is 28.6 Å². The zero-order valence-corrected chi connectivity index (χ0v) is 14.4. The molecule has 0 aromatic carbocycles. The van der Waals surface area contributed by atoms with Gasteiger partial charge in [0.2, 0.25) is 0 Å². The smallest absolute Gasteiger partial charge is 0.178 e. The summed E-state index contributed by atoms with van der Waals surface area (Å²) in [5, 5.41) is 0. The fourth-order valence-corrected chi connectivity index (χ4v) is 6.15. The lowest BCUT2D eigenvalue weighted by Gasteiger charge is -2.55. The first-order valence-electron chi connectivity index (χ1n) is 9.01. The van der Waals surface area contributed by atoms with Gasteiger partial charge < -0.3 is 0 Å². The Labute approximate surface area is 138 Å². The third-order valence-electron chi connectivity index (χ3n) is 7.45. The maximum Gasteiger partial charge on any atom is 0.178 e. The summed E-state index contributed by atoms with van der Waals surface area (Å²) >= 11 is 0. The highest BCUT2D eigenvalue weighted by Gasteiger charge is 2.55. The van der Waals surface area contributed by atoms with Gasteiger partial charge in [0.05, 0.1) is 0 Å². The number of Topliss-reactive ketones (excluding diaryl/α,β-unsaturated/α-hetero) is 1. The van der Waals surface area contributed by atoms with Crippen molar-refractivity contribution in [2.75, 3.05) is 0 Å². The zero-order valence-electron chi connectivity index (χ0n) is 14.4. The van der Waals surface area contributed by atoms with Gasteiger partial charge in [0.15, 0.2) is 5.78 Å². The number of rotatable bonds is 1. The Hall–Kier alpha value is -1.44. The first-order valence-corrected chi connectivity index (χ1v) is 9.01. The standard InChI is InChI=1S/C21H26O2/c1-13(22)17-6-7-18-16-5-4-14-12-15(23)8-10-20(14,2)19(16)9-11-21(17,18)3/h7-8,10,12,16-17,19H,4-6,9,11H2,1-3H3/t16-,17+,19-,20-,21+/m0/s1. The molecule has 4 aliphatic rings. The largest absolute Gasteiger partial charge is 0.300 e. The Morgan fingerprint density at radius 1 is 1.26 bits per heavy atom. The van der Waals surface area contributed by atoms with E-state index in [9.17, 15) is 9.59 Å². The Kier molecular flexibility index (Phi) is 3.14. The minimum Gasteiger partial charge on any atom is -0.300 e. The van der Waals surface area contributed by atoms with Crippen LogP contribution in [0.5, 0.6) is 0 Å². The summed E-state index contributed by atoms with van der Waals surface area (Å²) in [5.74, 6) is 1.85. The summed E-state index contributed by atoms with van der Waals surface area (Å²) in [5.41, 5.74) is 3.00. The van der Waals surface area contributed by atoms with E-state index < -0.39 is 0 Å². The van der Waals surface area contributed by atoms with E-state index in [1.165, 1.54) is 5.57 Å². The molecule has 0 saturated heterocycles. The van der Waals surface area contributed by atoms with Gasteiger partial charge in [0, 0.05) is 11.3 Å². The summed E-state index contributed by atoms with van der Waals surface area (Å²) in [6.07, 6.45) is 13.6. The van der Waals surface area contributed by atoms with Crippen molar-refractivity contribution in [3.8, 4) is 0 Å².